The molecule has 1 heterocycles. The monoisotopic (exact) mass is 312 g/mol. The highest BCUT2D eigenvalue weighted by molar-refractivity contribution is 7.90. The zero-order valence-corrected chi connectivity index (χ0v) is 13.5. The molecule has 0 spiro atoms. The summed E-state index contributed by atoms with van der Waals surface area (Å²) < 4.78 is 27.5. The van der Waals surface area contributed by atoms with Crippen molar-refractivity contribution < 1.29 is 8.42 Å². The van der Waals surface area contributed by atoms with Crippen LogP contribution in [0.4, 0.5) is 11.4 Å². The fourth-order valence-electron chi connectivity index (χ4n) is 2.49. The third-order valence-electron chi connectivity index (χ3n) is 3.67. The van der Waals surface area contributed by atoms with Gasteiger partial charge in [0.1, 0.15) is 0 Å². The molecule has 1 fully saturated rings. The van der Waals surface area contributed by atoms with Crippen molar-refractivity contribution >= 4 is 21.6 Å². The van der Waals surface area contributed by atoms with E-state index < -0.39 is 10.2 Å². The van der Waals surface area contributed by atoms with E-state index in [1.54, 1.807) is 12.1 Å². The molecule has 118 valence electrons. The molecular weight excluding hydrogens is 288 g/mol. The summed E-state index contributed by atoms with van der Waals surface area (Å²) in [6.45, 7) is 7.57. The average Bonchev–Trinajstić information content (AvgIpc) is 2.49. The lowest BCUT2D eigenvalue weighted by Crippen LogP contribution is -2.46. The lowest BCUT2D eigenvalue weighted by atomic mass is 10.2. The van der Waals surface area contributed by atoms with Gasteiger partial charge in [0.05, 0.1) is 0 Å². The predicted molar refractivity (Wildman–Crippen MR) is 87.0 cm³/mol. The largest absolute Gasteiger partial charge is 0.369 e. The minimum absolute atomic E-state index is 0.567. The molecule has 0 aromatic heterocycles. The van der Waals surface area contributed by atoms with Crippen molar-refractivity contribution in [1.29, 1.82) is 0 Å². The predicted octanol–water partition coefficient (Wildman–Crippen LogP) is 1.09. The number of hydrogen-bond acceptors (Lipinski definition) is 4. The summed E-state index contributed by atoms with van der Waals surface area (Å²) in [4.78, 5) is 4.81. The quantitative estimate of drug-likeness (QED) is 0.825. The molecule has 0 aliphatic carbocycles. The van der Waals surface area contributed by atoms with E-state index in [0.29, 0.717) is 5.69 Å². The highest BCUT2D eigenvalue weighted by atomic mass is 32.2. The molecule has 1 aliphatic rings. The molecule has 0 amide bonds. The normalized spacial score (nSPS) is 17.0. The third kappa shape index (κ3) is 4.59. The van der Waals surface area contributed by atoms with Crippen LogP contribution in [-0.4, -0.2) is 53.1 Å². The van der Waals surface area contributed by atoms with Crippen LogP contribution in [0.3, 0.4) is 0 Å². The number of nitrogens with zero attached hydrogens (tertiary/aromatic N) is 2. The fraction of sp³-hybridized carbons (Fsp3) is 0.571. The second-order valence-corrected chi connectivity index (χ2v) is 6.80. The minimum Gasteiger partial charge on any atom is -0.369 e. The summed E-state index contributed by atoms with van der Waals surface area (Å²) in [5.41, 5.74) is 1.70. The van der Waals surface area contributed by atoms with E-state index in [0.717, 1.165) is 31.9 Å². The van der Waals surface area contributed by atoms with Gasteiger partial charge in [-0.05, 0) is 37.2 Å². The van der Waals surface area contributed by atoms with E-state index in [-0.39, 0.29) is 0 Å². The Morgan fingerprint density at radius 2 is 1.71 bits per heavy atom. The first-order chi connectivity index (χ1) is 10.0. The van der Waals surface area contributed by atoms with Gasteiger partial charge in [0.2, 0.25) is 0 Å². The Kier molecular flexibility index (Phi) is 5.44. The van der Waals surface area contributed by atoms with Crippen molar-refractivity contribution in [3.8, 4) is 0 Å². The van der Waals surface area contributed by atoms with Crippen LogP contribution in [0.2, 0.25) is 0 Å². The fourth-order valence-corrected chi connectivity index (χ4v) is 3.04. The smallest absolute Gasteiger partial charge is 0.298 e. The van der Waals surface area contributed by atoms with Gasteiger partial charge in [0.25, 0.3) is 10.2 Å². The van der Waals surface area contributed by atoms with Gasteiger partial charge in [-0.1, -0.05) is 6.92 Å². The number of piperazine rings is 1. The summed E-state index contributed by atoms with van der Waals surface area (Å²) in [6.07, 6.45) is 1.19. The van der Waals surface area contributed by atoms with Crippen LogP contribution in [0.15, 0.2) is 24.3 Å². The zero-order valence-electron chi connectivity index (χ0n) is 12.7. The summed E-state index contributed by atoms with van der Waals surface area (Å²) >= 11 is 0. The van der Waals surface area contributed by atoms with E-state index in [1.165, 1.54) is 20.0 Å². The van der Waals surface area contributed by atoms with Crippen molar-refractivity contribution in [1.82, 2.24) is 9.62 Å². The summed E-state index contributed by atoms with van der Waals surface area (Å²) in [5.74, 6) is 0. The molecule has 0 radical (unpaired) electrons. The van der Waals surface area contributed by atoms with Gasteiger partial charge in [-0.2, -0.15) is 8.42 Å². The summed E-state index contributed by atoms with van der Waals surface area (Å²) in [7, 11) is -2.06. The number of nitrogens with one attached hydrogen (secondary N) is 2. The molecular formula is C14H24N4O2S. The van der Waals surface area contributed by atoms with Crippen molar-refractivity contribution in [3.63, 3.8) is 0 Å². The second kappa shape index (κ2) is 7.11. The van der Waals surface area contributed by atoms with Crippen LogP contribution >= 0.6 is 0 Å². The molecule has 0 bridgehead atoms. The molecule has 1 saturated heterocycles. The standard InChI is InChI=1S/C14H24N4O2S/c1-3-8-17-9-11-18(12-10-17)14-6-4-13(5-7-14)16-21(19,20)15-2/h4-7,15-16H,3,8-12H2,1-2H3. The minimum atomic E-state index is -3.44. The number of rotatable bonds is 6. The molecule has 2 rings (SSSR count). The van der Waals surface area contributed by atoms with Gasteiger partial charge in [0.15, 0.2) is 0 Å². The average molecular weight is 312 g/mol. The second-order valence-electron chi connectivity index (χ2n) is 5.19. The lowest BCUT2D eigenvalue weighted by molar-refractivity contribution is 0.258. The molecule has 1 aromatic rings. The first-order valence-corrected chi connectivity index (χ1v) is 8.81. The molecule has 6 nitrogen and oxygen atoms in total. The van der Waals surface area contributed by atoms with E-state index in [4.69, 9.17) is 0 Å². The SMILES string of the molecule is CCCN1CCN(c2ccc(NS(=O)(=O)NC)cc2)CC1. The van der Waals surface area contributed by atoms with Gasteiger partial charge < -0.3 is 4.90 Å². The Labute approximate surface area is 127 Å². The van der Waals surface area contributed by atoms with Crippen molar-refractivity contribution in [2.75, 3.05) is 49.4 Å². The Balaban J connectivity index is 1.94. The molecule has 0 atom stereocenters. The molecule has 0 saturated carbocycles. The molecule has 0 unspecified atom stereocenters. The maximum Gasteiger partial charge on any atom is 0.298 e. The van der Waals surface area contributed by atoms with Crippen LogP contribution < -0.4 is 14.3 Å². The molecule has 2 N–H and O–H groups in total. The Hall–Kier alpha value is -1.31. The van der Waals surface area contributed by atoms with Gasteiger partial charge >= 0.3 is 0 Å². The maximum absolute atomic E-state index is 11.4. The van der Waals surface area contributed by atoms with Crippen LogP contribution in [0.25, 0.3) is 0 Å². The van der Waals surface area contributed by atoms with Gasteiger partial charge in [-0.15, -0.1) is 0 Å². The van der Waals surface area contributed by atoms with E-state index in [1.807, 2.05) is 12.1 Å². The molecule has 1 aliphatic heterocycles. The van der Waals surface area contributed by atoms with E-state index >= 15 is 0 Å². The van der Waals surface area contributed by atoms with Crippen LogP contribution in [0.5, 0.6) is 0 Å². The lowest BCUT2D eigenvalue weighted by Gasteiger charge is -2.36. The first-order valence-electron chi connectivity index (χ1n) is 7.32. The third-order valence-corrected chi connectivity index (χ3v) is 4.71. The number of hydrogen-bond donors (Lipinski definition) is 2. The van der Waals surface area contributed by atoms with Crippen LogP contribution in [0.1, 0.15) is 13.3 Å². The van der Waals surface area contributed by atoms with Crippen molar-refractivity contribution in [2.45, 2.75) is 13.3 Å². The number of anilines is 2. The maximum atomic E-state index is 11.4. The van der Waals surface area contributed by atoms with Crippen LogP contribution in [0, 0.1) is 0 Å². The van der Waals surface area contributed by atoms with E-state index in [9.17, 15) is 8.42 Å². The number of benzene rings is 1. The summed E-state index contributed by atoms with van der Waals surface area (Å²) in [5, 5.41) is 0. The Morgan fingerprint density at radius 3 is 2.24 bits per heavy atom. The highest BCUT2D eigenvalue weighted by Gasteiger charge is 2.16. The van der Waals surface area contributed by atoms with Crippen molar-refractivity contribution in [2.24, 2.45) is 0 Å². The molecule has 1 aromatic carbocycles. The zero-order chi connectivity index (χ0) is 15.3. The van der Waals surface area contributed by atoms with Crippen LogP contribution in [-0.2, 0) is 10.2 Å². The van der Waals surface area contributed by atoms with Crippen molar-refractivity contribution in [3.05, 3.63) is 24.3 Å². The topological polar surface area (TPSA) is 64.7 Å². The first kappa shape index (κ1) is 16.1. The van der Waals surface area contributed by atoms with E-state index in [2.05, 4.69) is 26.2 Å². The summed E-state index contributed by atoms with van der Waals surface area (Å²) in [6, 6.07) is 7.51. The van der Waals surface area contributed by atoms with Gasteiger partial charge in [-0.25, -0.2) is 4.72 Å². The van der Waals surface area contributed by atoms with Gasteiger partial charge in [-0.3, -0.25) is 9.62 Å². The van der Waals surface area contributed by atoms with Gasteiger partial charge in [0, 0.05) is 44.6 Å². The molecule has 21 heavy (non-hydrogen) atoms. The Bertz CT molecular complexity index is 537. The highest BCUT2D eigenvalue weighted by Crippen LogP contribution is 2.20. The molecule has 7 heteroatoms. The Morgan fingerprint density at radius 1 is 1.10 bits per heavy atom.